The number of aryl methyl sites for hydroxylation is 1. The first-order valence-electron chi connectivity index (χ1n) is 7.96. The molecule has 1 fully saturated rings. The number of benzene rings is 1. The standard InChI is InChI=1S/C18H22N2O2/c1-12-3-2-4-15-16(9-10-19-17(12)15)20-11-13-5-7-14(8-6-13)18(21)22/h2-4,9-10,13-14H,5-8,11H2,1H3,(H,19,20)(H,21,22). The molecule has 0 atom stereocenters. The lowest BCUT2D eigenvalue weighted by Gasteiger charge is -2.26. The van der Waals surface area contributed by atoms with Gasteiger partial charge in [-0.1, -0.05) is 18.2 Å². The van der Waals surface area contributed by atoms with Gasteiger partial charge in [-0.3, -0.25) is 9.78 Å². The van der Waals surface area contributed by atoms with E-state index in [-0.39, 0.29) is 5.92 Å². The van der Waals surface area contributed by atoms with Crippen molar-refractivity contribution in [2.24, 2.45) is 11.8 Å². The summed E-state index contributed by atoms with van der Waals surface area (Å²) >= 11 is 0. The molecule has 0 unspecified atom stereocenters. The second-order valence-corrected chi connectivity index (χ2v) is 6.27. The zero-order chi connectivity index (χ0) is 15.5. The molecule has 3 rings (SSSR count). The van der Waals surface area contributed by atoms with Crippen LogP contribution in [0.2, 0.25) is 0 Å². The summed E-state index contributed by atoms with van der Waals surface area (Å²) in [5, 5.41) is 13.7. The Morgan fingerprint density at radius 2 is 2.05 bits per heavy atom. The van der Waals surface area contributed by atoms with Crippen molar-refractivity contribution in [2.75, 3.05) is 11.9 Å². The number of pyridine rings is 1. The van der Waals surface area contributed by atoms with Gasteiger partial charge in [-0.15, -0.1) is 0 Å². The fourth-order valence-electron chi connectivity index (χ4n) is 3.35. The fraction of sp³-hybridized carbons (Fsp3) is 0.444. The Morgan fingerprint density at radius 1 is 1.27 bits per heavy atom. The van der Waals surface area contributed by atoms with Crippen LogP contribution < -0.4 is 5.32 Å². The number of rotatable bonds is 4. The Balaban J connectivity index is 1.65. The minimum Gasteiger partial charge on any atom is -0.481 e. The van der Waals surface area contributed by atoms with Crippen molar-refractivity contribution in [2.45, 2.75) is 32.6 Å². The average Bonchev–Trinajstić information content (AvgIpc) is 2.54. The second-order valence-electron chi connectivity index (χ2n) is 6.27. The van der Waals surface area contributed by atoms with E-state index >= 15 is 0 Å². The van der Waals surface area contributed by atoms with E-state index in [1.54, 1.807) is 0 Å². The molecular weight excluding hydrogens is 276 g/mol. The van der Waals surface area contributed by atoms with E-state index in [9.17, 15) is 4.79 Å². The van der Waals surface area contributed by atoms with E-state index in [1.165, 1.54) is 5.56 Å². The molecule has 1 heterocycles. The van der Waals surface area contributed by atoms with Crippen molar-refractivity contribution in [3.63, 3.8) is 0 Å². The van der Waals surface area contributed by atoms with Crippen LogP contribution in [0.3, 0.4) is 0 Å². The Kier molecular flexibility index (Phi) is 4.27. The Hall–Kier alpha value is -2.10. The summed E-state index contributed by atoms with van der Waals surface area (Å²) in [4.78, 5) is 15.5. The van der Waals surface area contributed by atoms with Gasteiger partial charge in [-0.05, 0) is 50.2 Å². The molecule has 0 aliphatic heterocycles. The summed E-state index contributed by atoms with van der Waals surface area (Å²) in [6.45, 7) is 2.98. The van der Waals surface area contributed by atoms with Gasteiger partial charge in [-0.2, -0.15) is 0 Å². The number of hydrogen-bond acceptors (Lipinski definition) is 3. The van der Waals surface area contributed by atoms with Crippen molar-refractivity contribution in [3.05, 3.63) is 36.0 Å². The molecule has 1 aromatic heterocycles. The van der Waals surface area contributed by atoms with Crippen LogP contribution in [-0.4, -0.2) is 22.6 Å². The predicted octanol–water partition coefficient (Wildman–Crippen LogP) is 3.85. The average molecular weight is 298 g/mol. The maximum absolute atomic E-state index is 11.0. The highest BCUT2D eigenvalue weighted by Crippen LogP contribution is 2.30. The first kappa shape index (κ1) is 14.8. The molecule has 0 spiro atoms. The van der Waals surface area contributed by atoms with Gasteiger partial charge in [0.25, 0.3) is 0 Å². The zero-order valence-corrected chi connectivity index (χ0v) is 12.9. The molecule has 1 aliphatic rings. The van der Waals surface area contributed by atoms with Crippen molar-refractivity contribution in [1.29, 1.82) is 0 Å². The molecule has 0 radical (unpaired) electrons. The first-order valence-corrected chi connectivity index (χ1v) is 7.96. The van der Waals surface area contributed by atoms with Crippen LogP contribution in [0.15, 0.2) is 30.5 Å². The maximum Gasteiger partial charge on any atom is 0.306 e. The molecule has 1 aromatic carbocycles. The predicted molar refractivity (Wildman–Crippen MR) is 88.1 cm³/mol. The summed E-state index contributed by atoms with van der Waals surface area (Å²) in [5.74, 6) is -0.216. The second kappa shape index (κ2) is 6.34. The lowest BCUT2D eigenvalue weighted by atomic mass is 9.82. The minimum absolute atomic E-state index is 0.138. The molecule has 4 nitrogen and oxygen atoms in total. The van der Waals surface area contributed by atoms with Crippen molar-refractivity contribution in [3.8, 4) is 0 Å². The topological polar surface area (TPSA) is 62.2 Å². The van der Waals surface area contributed by atoms with E-state index in [0.29, 0.717) is 5.92 Å². The lowest BCUT2D eigenvalue weighted by Crippen LogP contribution is -2.25. The maximum atomic E-state index is 11.0. The number of nitrogens with one attached hydrogen (secondary N) is 1. The molecule has 4 heteroatoms. The van der Waals surface area contributed by atoms with E-state index < -0.39 is 5.97 Å². The number of aromatic nitrogens is 1. The molecule has 1 saturated carbocycles. The fourth-order valence-corrected chi connectivity index (χ4v) is 3.35. The molecule has 2 aromatic rings. The van der Waals surface area contributed by atoms with Crippen molar-refractivity contribution in [1.82, 2.24) is 4.98 Å². The number of carboxylic acids is 1. The molecule has 22 heavy (non-hydrogen) atoms. The van der Waals surface area contributed by atoms with E-state index in [2.05, 4.69) is 35.4 Å². The number of fused-ring (bicyclic) bond motifs is 1. The van der Waals surface area contributed by atoms with Crippen LogP contribution in [0.1, 0.15) is 31.2 Å². The number of carbonyl (C=O) groups is 1. The smallest absolute Gasteiger partial charge is 0.306 e. The third-order valence-electron chi connectivity index (χ3n) is 4.75. The highest BCUT2D eigenvalue weighted by Gasteiger charge is 2.25. The SMILES string of the molecule is Cc1cccc2c(NCC3CCC(C(=O)O)CC3)ccnc12. The number of anilines is 1. The minimum atomic E-state index is -0.637. The number of aliphatic carboxylic acids is 1. The van der Waals surface area contributed by atoms with Crippen LogP contribution in [0.5, 0.6) is 0 Å². The number of hydrogen-bond donors (Lipinski definition) is 2. The van der Waals surface area contributed by atoms with Gasteiger partial charge in [0.1, 0.15) is 0 Å². The van der Waals surface area contributed by atoms with Gasteiger partial charge in [0.15, 0.2) is 0 Å². The van der Waals surface area contributed by atoms with Gasteiger partial charge in [0.05, 0.1) is 11.4 Å². The zero-order valence-electron chi connectivity index (χ0n) is 12.9. The van der Waals surface area contributed by atoms with Gasteiger partial charge in [0.2, 0.25) is 0 Å². The molecular formula is C18H22N2O2. The third-order valence-corrected chi connectivity index (χ3v) is 4.75. The van der Waals surface area contributed by atoms with Gasteiger partial charge >= 0.3 is 5.97 Å². The summed E-state index contributed by atoms with van der Waals surface area (Å²) in [7, 11) is 0. The van der Waals surface area contributed by atoms with Crippen molar-refractivity contribution >= 4 is 22.6 Å². The highest BCUT2D eigenvalue weighted by atomic mass is 16.4. The summed E-state index contributed by atoms with van der Waals surface area (Å²) < 4.78 is 0. The Bertz CT molecular complexity index is 676. The van der Waals surface area contributed by atoms with E-state index in [4.69, 9.17) is 5.11 Å². The molecule has 0 saturated heterocycles. The van der Waals surface area contributed by atoms with Crippen LogP contribution in [0, 0.1) is 18.8 Å². The van der Waals surface area contributed by atoms with Gasteiger partial charge < -0.3 is 10.4 Å². The Labute approximate surface area is 130 Å². The number of para-hydroxylation sites is 1. The quantitative estimate of drug-likeness (QED) is 0.900. The molecule has 0 bridgehead atoms. The molecule has 116 valence electrons. The number of nitrogens with zero attached hydrogens (tertiary/aromatic N) is 1. The molecule has 1 aliphatic carbocycles. The van der Waals surface area contributed by atoms with Crippen molar-refractivity contribution < 1.29 is 9.90 Å². The molecule has 0 amide bonds. The lowest BCUT2D eigenvalue weighted by molar-refractivity contribution is -0.143. The summed E-state index contributed by atoms with van der Waals surface area (Å²) in [6.07, 6.45) is 5.44. The number of carboxylic acid groups (broad SMARTS) is 1. The monoisotopic (exact) mass is 298 g/mol. The largest absolute Gasteiger partial charge is 0.481 e. The summed E-state index contributed by atoms with van der Waals surface area (Å²) in [5.41, 5.74) is 3.35. The normalized spacial score (nSPS) is 21.7. The third kappa shape index (κ3) is 3.06. The Morgan fingerprint density at radius 3 is 2.77 bits per heavy atom. The first-order chi connectivity index (χ1) is 10.6. The summed E-state index contributed by atoms with van der Waals surface area (Å²) in [6, 6.07) is 8.25. The van der Waals surface area contributed by atoms with Gasteiger partial charge in [0, 0.05) is 23.8 Å². The molecule has 2 N–H and O–H groups in total. The van der Waals surface area contributed by atoms with Gasteiger partial charge in [-0.25, -0.2) is 0 Å². The van der Waals surface area contributed by atoms with Crippen LogP contribution in [0.4, 0.5) is 5.69 Å². The van der Waals surface area contributed by atoms with Crippen LogP contribution in [0.25, 0.3) is 10.9 Å². The highest BCUT2D eigenvalue weighted by molar-refractivity contribution is 5.92. The van der Waals surface area contributed by atoms with E-state index in [0.717, 1.165) is 48.8 Å². The van der Waals surface area contributed by atoms with Crippen LogP contribution >= 0.6 is 0 Å². The van der Waals surface area contributed by atoms with Crippen LogP contribution in [-0.2, 0) is 4.79 Å². The van der Waals surface area contributed by atoms with E-state index in [1.807, 2.05) is 12.3 Å².